The lowest BCUT2D eigenvalue weighted by atomic mass is 9.92. The average molecular weight is 434 g/mol. The first-order valence-electron chi connectivity index (χ1n) is 8.62. The summed E-state index contributed by atoms with van der Waals surface area (Å²) in [6.45, 7) is 0.516. The summed E-state index contributed by atoms with van der Waals surface area (Å²) in [4.78, 5) is 25.8. The maximum Gasteiger partial charge on any atom is 0.410 e. The second-order valence-electron chi connectivity index (χ2n) is 6.42. The van der Waals surface area contributed by atoms with Gasteiger partial charge in [0.1, 0.15) is 12.4 Å². The van der Waals surface area contributed by atoms with E-state index >= 15 is 0 Å². The molecule has 2 aromatic rings. The van der Waals surface area contributed by atoms with Crippen LogP contribution in [-0.2, 0) is 16.1 Å². The summed E-state index contributed by atoms with van der Waals surface area (Å²) in [5.41, 5.74) is -0.615. The van der Waals surface area contributed by atoms with Gasteiger partial charge in [0, 0.05) is 17.4 Å². The Morgan fingerprint density at radius 1 is 1.11 bits per heavy atom. The first kappa shape index (κ1) is 19.2. The van der Waals surface area contributed by atoms with Crippen molar-refractivity contribution >= 4 is 28.0 Å². The maximum absolute atomic E-state index is 12.4. The minimum Gasteiger partial charge on any atom is -0.478 e. The summed E-state index contributed by atoms with van der Waals surface area (Å²) >= 11 is 3.34. The van der Waals surface area contributed by atoms with E-state index < -0.39 is 17.7 Å². The monoisotopic (exact) mass is 433 g/mol. The van der Waals surface area contributed by atoms with Gasteiger partial charge in [-0.05, 0) is 36.2 Å². The van der Waals surface area contributed by atoms with E-state index in [0.29, 0.717) is 25.1 Å². The number of carbonyl (C=O) groups is 2. The van der Waals surface area contributed by atoms with E-state index in [4.69, 9.17) is 9.47 Å². The van der Waals surface area contributed by atoms with E-state index in [1.165, 1.54) is 4.90 Å². The van der Waals surface area contributed by atoms with Gasteiger partial charge in [0.15, 0.2) is 0 Å². The molecule has 1 aliphatic heterocycles. The molecule has 27 heavy (non-hydrogen) atoms. The molecule has 0 bridgehead atoms. The van der Waals surface area contributed by atoms with Crippen LogP contribution in [-0.4, -0.2) is 40.8 Å². The number of carbonyl (C=O) groups excluding carboxylic acids is 1. The zero-order chi connectivity index (χ0) is 19.3. The molecular weight excluding hydrogens is 414 g/mol. The van der Waals surface area contributed by atoms with Gasteiger partial charge in [0.25, 0.3) is 0 Å². The molecule has 0 aliphatic carbocycles. The lowest BCUT2D eigenvalue weighted by Gasteiger charge is -2.39. The van der Waals surface area contributed by atoms with Crippen molar-refractivity contribution in [3.8, 4) is 5.75 Å². The lowest BCUT2D eigenvalue weighted by molar-refractivity contribution is -0.159. The van der Waals surface area contributed by atoms with Gasteiger partial charge >= 0.3 is 12.1 Å². The Bertz CT molecular complexity index is 796. The van der Waals surface area contributed by atoms with Crippen LogP contribution in [0, 0.1) is 0 Å². The van der Waals surface area contributed by atoms with Crippen molar-refractivity contribution in [2.24, 2.45) is 0 Å². The number of carboxylic acids is 1. The number of piperidine rings is 1. The third-order valence-electron chi connectivity index (χ3n) is 4.43. The Kier molecular flexibility index (Phi) is 6.01. The molecule has 1 saturated heterocycles. The highest BCUT2D eigenvalue weighted by Gasteiger charge is 2.46. The summed E-state index contributed by atoms with van der Waals surface area (Å²) in [6, 6.07) is 16.3. The van der Waals surface area contributed by atoms with Crippen LogP contribution in [0.5, 0.6) is 5.75 Å². The van der Waals surface area contributed by atoms with Gasteiger partial charge in [-0.1, -0.05) is 46.3 Å². The van der Waals surface area contributed by atoms with E-state index in [1.54, 1.807) is 24.3 Å². The van der Waals surface area contributed by atoms with Crippen LogP contribution in [0.25, 0.3) is 0 Å². The SMILES string of the molecule is O=C(OCc1ccccc1)N1CCCC(Oc2ccc(Br)cc2)(C(=O)O)C1. The van der Waals surface area contributed by atoms with Crippen LogP contribution in [0.4, 0.5) is 4.79 Å². The maximum atomic E-state index is 12.4. The highest BCUT2D eigenvalue weighted by atomic mass is 79.9. The van der Waals surface area contributed by atoms with Crippen LogP contribution in [0.1, 0.15) is 18.4 Å². The number of carboxylic acid groups (broad SMARTS) is 1. The zero-order valence-electron chi connectivity index (χ0n) is 14.6. The Morgan fingerprint density at radius 3 is 2.48 bits per heavy atom. The highest BCUT2D eigenvalue weighted by Crippen LogP contribution is 2.29. The molecular formula is C20H20BrNO5. The molecule has 3 rings (SSSR count). The van der Waals surface area contributed by atoms with Crippen LogP contribution in [0.2, 0.25) is 0 Å². The van der Waals surface area contributed by atoms with Crippen molar-refractivity contribution in [1.29, 1.82) is 0 Å². The number of ether oxygens (including phenoxy) is 2. The molecule has 1 aliphatic rings. The van der Waals surface area contributed by atoms with Crippen molar-refractivity contribution in [2.75, 3.05) is 13.1 Å². The molecule has 1 atom stereocenters. The molecule has 1 fully saturated rings. The molecule has 0 spiro atoms. The van der Waals surface area contributed by atoms with E-state index in [-0.39, 0.29) is 13.2 Å². The van der Waals surface area contributed by atoms with Gasteiger partial charge in [-0.25, -0.2) is 9.59 Å². The van der Waals surface area contributed by atoms with Gasteiger partial charge < -0.3 is 19.5 Å². The molecule has 0 radical (unpaired) electrons. The summed E-state index contributed by atoms with van der Waals surface area (Å²) < 4.78 is 12.0. The number of amides is 1. The number of likely N-dealkylation sites (tertiary alicyclic amines) is 1. The van der Waals surface area contributed by atoms with Crippen LogP contribution >= 0.6 is 15.9 Å². The van der Waals surface area contributed by atoms with Gasteiger partial charge in [-0.3, -0.25) is 0 Å². The number of nitrogens with zero attached hydrogens (tertiary/aromatic N) is 1. The minimum absolute atomic E-state index is 0.0635. The third-order valence-corrected chi connectivity index (χ3v) is 4.96. The number of hydrogen-bond acceptors (Lipinski definition) is 4. The van der Waals surface area contributed by atoms with Gasteiger partial charge in [0.05, 0.1) is 6.54 Å². The smallest absolute Gasteiger partial charge is 0.410 e. The number of benzene rings is 2. The molecule has 142 valence electrons. The Balaban J connectivity index is 1.68. The molecule has 0 saturated carbocycles. The Labute approximate surface area is 165 Å². The quantitative estimate of drug-likeness (QED) is 0.768. The summed E-state index contributed by atoms with van der Waals surface area (Å²) in [7, 11) is 0. The van der Waals surface area contributed by atoms with Crippen LogP contribution in [0.3, 0.4) is 0 Å². The molecule has 0 aromatic heterocycles. The van der Waals surface area contributed by atoms with Crippen molar-refractivity contribution in [3.63, 3.8) is 0 Å². The van der Waals surface area contributed by atoms with Crippen molar-refractivity contribution in [1.82, 2.24) is 4.90 Å². The van der Waals surface area contributed by atoms with Crippen LogP contribution < -0.4 is 4.74 Å². The average Bonchev–Trinajstić information content (AvgIpc) is 2.69. The van der Waals surface area contributed by atoms with E-state index in [9.17, 15) is 14.7 Å². The standard InChI is InChI=1S/C20H20BrNO5/c21-16-7-9-17(10-8-16)27-20(18(23)24)11-4-12-22(14-20)19(25)26-13-15-5-2-1-3-6-15/h1-3,5-10H,4,11-14H2,(H,23,24). The fraction of sp³-hybridized carbons (Fsp3) is 0.300. The third kappa shape index (κ3) is 4.80. The number of rotatable bonds is 5. The fourth-order valence-corrected chi connectivity index (χ4v) is 3.28. The molecule has 1 heterocycles. The second-order valence-corrected chi connectivity index (χ2v) is 7.34. The highest BCUT2D eigenvalue weighted by molar-refractivity contribution is 9.10. The Morgan fingerprint density at radius 2 is 1.81 bits per heavy atom. The number of halogens is 1. The first-order chi connectivity index (χ1) is 13.0. The predicted molar refractivity (Wildman–Crippen MR) is 103 cm³/mol. The fourth-order valence-electron chi connectivity index (χ4n) is 3.02. The van der Waals surface area contributed by atoms with Crippen LogP contribution in [0.15, 0.2) is 59.1 Å². The predicted octanol–water partition coefficient (Wildman–Crippen LogP) is 4.08. The van der Waals surface area contributed by atoms with Gasteiger partial charge in [-0.15, -0.1) is 0 Å². The summed E-state index contributed by atoms with van der Waals surface area (Å²) in [5.74, 6) is -0.647. The number of aliphatic carboxylic acids is 1. The van der Waals surface area contributed by atoms with Gasteiger partial charge in [0.2, 0.25) is 5.60 Å². The number of hydrogen-bond donors (Lipinski definition) is 1. The minimum atomic E-state index is -1.49. The first-order valence-corrected chi connectivity index (χ1v) is 9.41. The molecule has 1 amide bonds. The normalized spacial score (nSPS) is 19.4. The van der Waals surface area contributed by atoms with Crippen molar-refractivity contribution in [3.05, 3.63) is 64.6 Å². The molecule has 1 N–H and O–H groups in total. The zero-order valence-corrected chi connectivity index (χ0v) is 16.2. The molecule has 1 unspecified atom stereocenters. The molecule has 6 nitrogen and oxygen atoms in total. The molecule has 2 aromatic carbocycles. The molecule has 7 heteroatoms. The summed E-state index contributed by atoms with van der Waals surface area (Å²) in [5, 5.41) is 9.80. The Hall–Kier alpha value is -2.54. The topological polar surface area (TPSA) is 76.1 Å². The van der Waals surface area contributed by atoms with E-state index in [0.717, 1.165) is 10.0 Å². The van der Waals surface area contributed by atoms with E-state index in [2.05, 4.69) is 15.9 Å². The van der Waals surface area contributed by atoms with Crippen molar-refractivity contribution < 1.29 is 24.2 Å². The van der Waals surface area contributed by atoms with E-state index in [1.807, 2.05) is 30.3 Å². The summed E-state index contributed by atoms with van der Waals surface area (Å²) in [6.07, 6.45) is 0.299. The van der Waals surface area contributed by atoms with Crippen molar-refractivity contribution in [2.45, 2.75) is 25.0 Å². The lowest BCUT2D eigenvalue weighted by Crippen LogP contribution is -2.58. The second kappa shape index (κ2) is 8.43. The largest absolute Gasteiger partial charge is 0.478 e. The van der Waals surface area contributed by atoms with Gasteiger partial charge in [-0.2, -0.15) is 0 Å².